The summed E-state index contributed by atoms with van der Waals surface area (Å²) in [5.74, 6) is -0.693. The molecule has 0 bridgehead atoms. The van der Waals surface area contributed by atoms with Gasteiger partial charge in [0.15, 0.2) is 0 Å². The van der Waals surface area contributed by atoms with Gasteiger partial charge in [-0.2, -0.15) is 0 Å². The van der Waals surface area contributed by atoms with Crippen molar-refractivity contribution in [1.82, 2.24) is 0 Å². The van der Waals surface area contributed by atoms with E-state index in [2.05, 4.69) is 5.32 Å². The second-order valence-electron chi connectivity index (χ2n) is 4.36. The van der Waals surface area contributed by atoms with Crippen molar-refractivity contribution >= 4 is 22.9 Å². The van der Waals surface area contributed by atoms with E-state index in [9.17, 15) is 8.78 Å². The topological polar surface area (TPSA) is 38.0 Å². The maximum atomic E-state index is 13.6. The summed E-state index contributed by atoms with van der Waals surface area (Å²) in [4.78, 5) is 0.0420. The molecule has 2 aromatic carbocycles. The average molecular weight is 292 g/mol. The molecule has 0 amide bonds. The van der Waals surface area contributed by atoms with E-state index < -0.39 is 5.82 Å². The van der Waals surface area contributed by atoms with Crippen LogP contribution in [0.5, 0.6) is 0 Å². The molecule has 0 unspecified atom stereocenters. The number of hydrogen-bond acceptors (Lipinski definition) is 2. The Morgan fingerprint density at radius 3 is 2.40 bits per heavy atom. The zero-order valence-corrected chi connectivity index (χ0v) is 11.5. The second-order valence-corrected chi connectivity index (χ2v) is 4.80. The van der Waals surface area contributed by atoms with E-state index in [1.54, 1.807) is 24.3 Å². The van der Waals surface area contributed by atoms with Gasteiger partial charge < -0.3 is 11.1 Å². The van der Waals surface area contributed by atoms with Crippen LogP contribution in [-0.2, 0) is 6.42 Å². The van der Waals surface area contributed by atoms with Crippen LogP contribution >= 0.6 is 12.2 Å². The first-order valence-corrected chi connectivity index (χ1v) is 6.55. The molecule has 0 radical (unpaired) electrons. The number of benzene rings is 2. The standard InChI is InChI=1S/C15H14F2N2S/c16-11-3-1-10(2-4-11)7-8-19-12-5-6-13(15(18)20)14(17)9-12/h1-6,9,19H,7-8H2,(H2,18,20). The van der Waals surface area contributed by atoms with Gasteiger partial charge in [0, 0.05) is 17.8 Å². The van der Waals surface area contributed by atoms with Crippen molar-refractivity contribution in [2.24, 2.45) is 5.73 Å². The van der Waals surface area contributed by atoms with Crippen LogP contribution in [0.25, 0.3) is 0 Å². The molecule has 0 saturated heterocycles. The lowest BCUT2D eigenvalue weighted by atomic mass is 10.1. The van der Waals surface area contributed by atoms with Gasteiger partial charge in [-0.05, 0) is 42.3 Å². The van der Waals surface area contributed by atoms with Gasteiger partial charge >= 0.3 is 0 Å². The number of halogens is 2. The van der Waals surface area contributed by atoms with Crippen LogP contribution in [0.2, 0.25) is 0 Å². The van der Waals surface area contributed by atoms with E-state index in [1.165, 1.54) is 18.2 Å². The largest absolute Gasteiger partial charge is 0.389 e. The van der Waals surface area contributed by atoms with Crippen LogP contribution in [0.15, 0.2) is 42.5 Å². The smallest absolute Gasteiger partial charge is 0.135 e. The fourth-order valence-corrected chi connectivity index (χ4v) is 1.99. The molecule has 0 spiro atoms. The molecule has 0 aliphatic carbocycles. The molecule has 0 atom stereocenters. The van der Waals surface area contributed by atoms with Gasteiger partial charge in [-0.15, -0.1) is 0 Å². The van der Waals surface area contributed by atoms with Gasteiger partial charge in [0.2, 0.25) is 0 Å². The van der Waals surface area contributed by atoms with Gasteiger partial charge in [-0.25, -0.2) is 8.78 Å². The van der Waals surface area contributed by atoms with E-state index >= 15 is 0 Å². The third-order valence-electron chi connectivity index (χ3n) is 2.89. The molecule has 2 nitrogen and oxygen atoms in total. The number of hydrogen-bond donors (Lipinski definition) is 2. The minimum Gasteiger partial charge on any atom is -0.389 e. The second kappa shape index (κ2) is 6.43. The lowest BCUT2D eigenvalue weighted by Crippen LogP contribution is -2.12. The third kappa shape index (κ3) is 3.74. The zero-order chi connectivity index (χ0) is 14.5. The van der Waals surface area contributed by atoms with Crippen molar-refractivity contribution in [2.45, 2.75) is 6.42 Å². The van der Waals surface area contributed by atoms with E-state index in [1.807, 2.05) is 0 Å². The maximum Gasteiger partial charge on any atom is 0.135 e. The van der Waals surface area contributed by atoms with Crippen molar-refractivity contribution < 1.29 is 8.78 Å². The lowest BCUT2D eigenvalue weighted by molar-refractivity contribution is 0.625. The Morgan fingerprint density at radius 1 is 1.10 bits per heavy atom. The molecule has 0 aliphatic heterocycles. The Balaban J connectivity index is 1.92. The summed E-state index contributed by atoms with van der Waals surface area (Å²) in [5, 5.41) is 3.10. The highest BCUT2D eigenvalue weighted by Gasteiger charge is 2.05. The number of thiocarbonyl (C=S) groups is 1. The Kier molecular flexibility index (Phi) is 4.63. The van der Waals surface area contributed by atoms with Crippen molar-refractivity contribution in [3.05, 3.63) is 65.2 Å². The highest BCUT2D eigenvalue weighted by Crippen LogP contribution is 2.14. The van der Waals surface area contributed by atoms with E-state index in [4.69, 9.17) is 18.0 Å². The van der Waals surface area contributed by atoms with E-state index in [0.717, 1.165) is 12.0 Å². The molecular formula is C15H14F2N2S. The Labute approximate surface area is 121 Å². The predicted octanol–water partition coefficient (Wildman–Crippen LogP) is 3.25. The molecular weight excluding hydrogens is 278 g/mol. The first kappa shape index (κ1) is 14.4. The molecule has 0 aliphatic rings. The Bertz CT molecular complexity index is 612. The summed E-state index contributed by atoms with van der Waals surface area (Å²) in [7, 11) is 0. The van der Waals surface area contributed by atoms with Crippen molar-refractivity contribution in [3.63, 3.8) is 0 Å². The van der Waals surface area contributed by atoms with Crippen LogP contribution in [0, 0.1) is 11.6 Å². The summed E-state index contributed by atoms with van der Waals surface area (Å²) in [6.45, 7) is 0.623. The third-order valence-corrected chi connectivity index (χ3v) is 3.11. The summed E-state index contributed by atoms with van der Waals surface area (Å²) >= 11 is 4.74. The molecule has 2 aromatic rings. The predicted molar refractivity (Wildman–Crippen MR) is 80.9 cm³/mol. The van der Waals surface area contributed by atoms with Crippen LogP contribution in [0.1, 0.15) is 11.1 Å². The molecule has 104 valence electrons. The fraction of sp³-hybridized carbons (Fsp3) is 0.133. The minimum absolute atomic E-state index is 0.0420. The maximum absolute atomic E-state index is 13.6. The van der Waals surface area contributed by atoms with Crippen molar-refractivity contribution in [2.75, 3.05) is 11.9 Å². The van der Waals surface area contributed by atoms with Gasteiger partial charge in [0.1, 0.15) is 16.6 Å². The molecule has 0 aromatic heterocycles. The summed E-state index contributed by atoms with van der Waals surface area (Å²) in [6, 6.07) is 10.9. The average Bonchev–Trinajstić information content (AvgIpc) is 2.41. The van der Waals surface area contributed by atoms with E-state index in [0.29, 0.717) is 12.2 Å². The minimum atomic E-state index is -0.440. The van der Waals surface area contributed by atoms with E-state index in [-0.39, 0.29) is 16.4 Å². The number of anilines is 1. The quantitative estimate of drug-likeness (QED) is 0.831. The Morgan fingerprint density at radius 2 is 1.80 bits per heavy atom. The monoisotopic (exact) mass is 292 g/mol. The normalized spacial score (nSPS) is 10.3. The first-order chi connectivity index (χ1) is 9.56. The van der Waals surface area contributed by atoms with Crippen LogP contribution in [0.4, 0.5) is 14.5 Å². The highest BCUT2D eigenvalue weighted by molar-refractivity contribution is 7.80. The van der Waals surface area contributed by atoms with Gasteiger partial charge in [-0.1, -0.05) is 24.4 Å². The number of nitrogens with two attached hydrogens (primary N) is 1. The van der Waals surface area contributed by atoms with Gasteiger partial charge in [0.05, 0.1) is 0 Å². The number of rotatable bonds is 5. The van der Waals surface area contributed by atoms with Crippen LogP contribution < -0.4 is 11.1 Å². The highest BCUT2D eigenvalue weighted by atomic mass is 32.1. The molecule has 3 N–H and O–H groups in total. The molecule has 2 rings (SSSR count). The Hall–Kier alpha value is -2.01. The lowest BCUT2D eigenvalue weighted by Gasteiger charge is -2.08. The SMILES string of the molecule is NC(=S)c1ccc(NCCc2ccc(F)cc2)cc1F. The number of nitrogens with one attached hydrogen (secondary N) is 1. The molecule has 5 heteroatoms. The van der Waals surface area contributed by atoms with Crippen molar-refractivity contribution in [1.29, 1.82) is 0 Å². The van der Waals surface area contributed by atoms with Gasteiger partial charge in [-0.3, -0.25) is 0 Å². The first-order valence-electron chi connectivity index (χ1n) is 6.14. The van der Waals surface area contributed by atoms with Crippen molar-refractivity contribution in [3.8, 4) is 0 Å². The fourth-order valence-electron chi connectivity index (χ4n) is 1.83. The molecule has 0 fully saturated rings. The molecule has 0 saturated carbocycles. The summed E-state index contributed by atoms with van der Waals surface area (Å²) < 4.78 is 26.4. The zero-order valence-electron chi connectivity index (χ0n) is 10.7. The summed E-state index contributed by atoms with van der Waals surface area (Å²) in [5.41, 5.74) is 7.30. The summed E-state index contributed by atoms with van der Waals surface area (Å²) in [6.07, 6.45) is 0.721. The van der Waals surface area contributed by atoms with Gasteiger partial charge in [0.25, 0.3) is 0 Å². The van der Waals surface area contributed by atoms with Crippen LogP contribution in [0.3, 0.4) is 0 Å². The molecule has 20 heavy (non-hydrogen) atoms. The van der Waals surface area contributed by atoms with Crippen LogP contribution in [-0.4, -0.2) is 11.5 Å². The molecule has 0 heterocycles.